The second-order valence-corrected chi connectivity index (χ2v) is 10.4. The maximum atomic E-state index is 2.45. The monoisotopic (exact) mass is 430 g/mol. The topological polar surface area (TPSA) is 0 Å². The van der Waals surface area contributed by atoms with Crippen LogP contribution in [0, 0.1) is 55.4 Å². The first-order valence-corrected chi connectivity index (χ1v) is 12.0. The van der Waals surface area contributed by atoms with Crippen molar-refractivity contribution < 1.29 is 0 Å². The molecule has 0 heteroatoms. The second-order valence-electron chi connectivity index (χ2n) is 10.4. The van der Waals surface area contributed by atoms with Gasteiger partial charge in [0.2, 0.25) is 0 Å². The Morgan fingerprint density at radius 1 is 0.394 bits per heavy atom. The average molecular weight is 431 g/mol. The standard InChI is InChI=1S/C33H34/c1-19-9-11-27-28-12-10-20(2)16-32(28)33(31(27)15-19,29-17-21(3)13-23(5)25(29)7)30-18-22(4)14-24(6)26(30)8/h9-18H,1-8H3. The van der Waals surface area contributed by atoms with Crippen molar-refractivity contribution in [3.63, 3.8) is 0 Å². The Kier molecular flexibility index (Phi) is 4.90. The minimum Gasteiger partial charge on any atom is -0.0587 e. The molecule has 0 bridgehead atoms. The van der Waals surface area contributed by atoms with Gasteiger partial charge in [-0.15, -0.1) is 0 Å². The van der Waals surface area contributed by atoms with Gasteiger partial charge in [-0.2, -0.15) is 0 Å². The lowest BCUT2D eigenvalue weighted by molar-refractivity contribution is 0.746. The van der Waals surface area contributed by atoms with Crippen molar-refractivity contribution >= 4 is 0 Å². The largest absolute Gasteiger partial charge is 0.0719 e. The summed E-state index contributed by atoms with van der Waals surface area (Å²) in [7, 11) is 0. The van der Waals surface area contributed by atoms with Gasteiger partial charge in [0, 0.05) is 0 Å². The third-order valence-corrected chi connectivity index (χ3v) is 7.88. The van der Waals surface area contributed by atoms with Gasteiger partial charge in [-0.25, -0.2) is 0 Å². The lowest BCUT2D eigenvalue weighted by Gasteiger charge is -2.38. The highest BCUT2D eigenvalue weighted by Crippen LogP contribution is 2.58. The van der Waals surface area contributed by atoms with Gasteiger partial charge in [-0.3, -0.25) is 0 Å². The highest BCUT2D eigenvalue weighted by molar-refractivity contribution is 5.87. The SMILES string of the molecule is Cc1ccc2c(c1)C(c1cc(C)cc(C)c1C)(c1cc(C)cc(C)c1C)c1cc(C)ccc1-2. The van der Waals surface area contributed by atoms with Crippen molar-refractivity contribution in [2.24, 2.45) is 0 Å². The molecular weight excluding hydrogens is 396 g/mol. The first-order chi connectivity index (χ1) is 15.6. The highest BCUT2D eigenvalue weighted by Gasteiger charge is 2.48. The zero-order chi connectivity index (χ0) is 23.7. The minimum atomic E-state index is -0.329. The van der Waals surface area contributed by atoms with Crippen molar-refractivity contribution in [3.8, 4) is 11.1 Å². The maximum Gasteiger partial charge on any atom is 0.0719 e. The van der Waals surface area contributed by atoms with Crippen LogP contribution in [0.15, 0.2) is 60.7 Å². The summed E-state index contributed by atoms with van der Waals surface area (Å²) in [6.07, 6.45) is 0. The fourth-order valence-corrected chi connectivity index (χ4v) is 6.14. The maximum absolute atomic E-state index is 2.45. The molecule has 1 aliphatic carbocycles. The molecule has 0 saturated carbocycles. The summed E-state index contributed by atoms with van der Waals surface area (Å²) >= 11 is 0. The van der Waals surface area contributed by atoms with Crippen LogP contribution in [0.5, 0.6) is 0 Å². The number of hydrogen-bond acceptors (Lipinski definition) is 0. The van der Waals surface area contributed by atoms with E-state index < -0.39 is 0 Å². The molecule has 0 atom stereocenters. The smallest absolute Gasteiger partial charge is 0.0587 e. The predicted octanol–water partition coefficient (Wildman–Crippen LogP) is 8.52. The van der Waals surface area contributed by atoms with Crippen LogP contribution < -0.4 is 0 Å². The zero-order valence-corrected chi connectivity index (χ0v) is 21.3. The Bertz CT molecular complexity index is 1320. The lowest BCUT2D eigenvalue weighted by Crippen LogP contribution is -2.31. The van der Waals surface area contributed by atoms with Crippen LogP contribution in [-0.4, -0.2) is 0 Å². The summed E-state index contributed by atoms with van der Waals surface area (Å²) in [6, 6.07) is 23.6. The van der Waals surface area contributed by atoms with Crippen LogP contribution in [0.4, 0.5) is 0 Å². The molecule has 166 valence electrons. The quantitative estimate of drug-likeness (QED) is 0.263. The van der Waals surface area contributed by atoms with Crippen LogP contribution in [0.25, 0.3) is 11.1 Å². The van der Waals surface area contributed by atoms with Gasteiger partial charge < -0.3 is 0 Å². The van der Waals surface area contributed by atoms with E-state index in [1.807, 2.05) is 0 Å². The molecule has 0 nitrogen and oxygen atoms in total. The van der Waals surface area contributed by atoms with Gasteiger partial charge >= 0.3 is 0 Å². The first kappa shape index (κ1) is 21.7. The van der Waals surface area contributed by atoms with Gasteiger partial charge in [-0.05, 0) is 111 Å². The summed E-state index contributed by atoms with van der Waals surface area (Å²) in [6.45, 7) is 18.1. The van der Waals surface area contributed by atoms with E-state index in [2.05, 4.69) is 116 Å². The highest BCUT2D eigenvalue weighted by atomic mass is 14.5. The van der Waals surface area contributed by atoms with Crippen LogP contribution in [-0.2, 0) is 5.41 Å². The van der Waals surface area contributed by atoms with Gasteiger partial charge in [0.05, 0.1) is 5.41 Å². The van der Waals surface area contributed by atoms with Crippen molar-refractivity contribution in [1.29, 1.82) is 0 Å². The Labute approximate surface area is 199 Å². The number of aryl methyl sites for hydroxylation is 6. The predicted molar refractivity (Wildman–Crippen MR) is 142 cm³/mol. The molecule has 0 N–H and O–H groups in total. The molecule has 0 aliphatic heterocycles. The van der Waals surface area contributed by atoms with Crippen LogP contribution in [0.1, 0.15) is 66.8 Å². The molecule has 4 aromatic rings. The molecule has 4 aromatic carbocycles. The van der Waals surface area contributed by atoms with E-state index in [0.29, 0.717) is 0 Å². The fourth-order valence-electron chi connectivity index (χ4n) is 6.14. The number of hydrogen-bond donors (Lipinski definition) is 0. The molecule has 0 heterocycles. The van der Waals surface area contributed by atoms with E-state index in [0.717, 1.165) is 0 Å². The fraction of sp³-hybridized carbons (Fsp3) is 0.273. The van der Waals surface area contributed by atoms with Crippen molar-refractivity contribution in [2.75, 3.05) is 0 Å². The van der Waals surface area contributed by atoms with Gasteiger partial charge in [0.1, 0.15) is 0 Å². The third kappa shape index (κ3) is 3.04. The zero-order valence-electron chi connectivity index (χ0n) is 21.3. The average Bonchev–Trinajstić information content (AvgIpc) is 3.02. The molecular formula is C33H34. The summed E-state index contributed by atoms with van der Waals surface area (Å²) < 4.78 is 0. The van der Waals surface area contributed by atoms with Gasteiger partial charge in [0.25, 0.3) is 0 Å². The molecule has 0 radical (unpaired) electrons. The van der Waals surface area contributed by atoms with E-state index in [-0.39, 0.29) is 5.41 Å². The van der Waals surface area contributed by atoms with Gasteiger partial charge in [0.15, 0.2) is 0 Å². The van der Waals surface area contributed by atoms with Crippen LogP contribution in [0.2, 0.25) is 0 Å². The van der Waals surface area contributed by atoms with Crippen LogP contribution in [0.3, 0.4) is 0 Å². The Balaban J connectivity index is 2.09. The molecule has 0 fully saturated rings. The van der Waals surface area contributed by atoms with E-state index in [9.17, 15) is 0 Å². The third-order valence-electron chi connectivity index (χ3n) is 7.88. The normalized spacial score (nSPS) is 13.7. The van der Waals surface area contributed by atoms with Gasteiger partial charge in [-0.1, -0.05) is 82.9 Å². The molecule has 33 heavy (non-hydrogen) atoms. The molecule has 0 unspecified atom stereocenters. The lowest BCUT2D eigenvalue weighted by atomic mass is 9.64. The van der Waals surface area contributed by atoms with Crippen molar-refractivity contribution in [2.45, 2.75) is 60.8 Å². The number of benzene rings is 4. The van der Waals surface area contributed by atoms with Crippen molar-refractivity contribution in [3.05, 3.63) is 127 Å². The summed E-state index contributed by atoms with van der Waals surface area (Å²) in [5.41, 5.74) is 18.9. The van der Waals surface area contributed by atoms with E-state index in [1.54, 1.807) is 0 Å². The summed E-state index contributed by atoms with van der Waals surface area (Å²) in [4.78, 5) is 0. The number of fused-ring (bicyclic) bond motifs is 3. The molecule has 1 aliphatic rings. The minimum absolute atomic E-state index is 0.329. The van der Waals surface area contributed by atoms with E-state index in [1.165, 1.54) is 77.9 Å². The van der Waals surface area contributed by atoms with E-state index >= 15 is 0 Å². The van der Waals surface area contributed by atoms with Crippen LogP contribution >= 0.6 is 0 Å². The molecule has 0 amide bonds. The summed E-state index contributed by atoms with van der Waals surface area (Å²) in [5, 5.41) is 0. The Morgan fingerprint density at radius 2 is 0.758 bits per heavy atom. The molecule has 0 aromatic heterocycles. The van der Waals surface area contributed by atoms with Crippen molar-refractivity contribution in [1.82, 2.24) is 0 Å². The molecule has 0 saturated heterocycles. The molecule has 0 spiro atoms. The Hall–Kier alpha value is -3.12. The summed E-state index contributed by atoms with van der Waals surface area (Å²) in [5.74, 6) is 0. The second kappa shape index (κ2) is 7.45. The van der Waals surface area contributed by atoms with E-state index in [4.69, 9.17) is 0 Å². The molecule has 5 rings (SSSR count). The first-order valence-electron chi connectivity index (χ1n) is 12.0. The number of rotatable bonds is 2. The Morgan fingerprint density at radius 3 is 1.15 bits per heavy atom.